The third kappa shape index (κ3) is 3.72. The van der Waals surface area contributed by atoms with Crippen LogP contribution in [0.15, 0.2) is 6.07 Å². The van der Waals surface area contributed by atoms with E-state index >= 15 is 0 Å². The number of aryl methyl sites for hydroxylation is 1. The lowest BCUT2D eigenvalue weighted by molar-refractivity contribution is 0.0608. The molecule has 0 fully saturated rings. The zero-order valence-electron chi connectivity index (χ0n) is 10.1. The molecule has 0 radical (unpaired) electrons. The zero-order chi connectivity index (χ0) is 12.8. The molecule has 0 bridgehead atoms. The Balaban J connectivity index is 2.52. The van der Waals surface area contributed by atoms with Crippen LogP contribution in [-0.4, -0.2) is 54.3 Å². The molecule has 7 heteroatoms. The van der Waals surface area contributed by atoms with Crippen molar-refractivity contribution in [3.8, 4) is 5.88 Å². The highest BCUT2D eigenvalue weighted by Gasteiger charge is 2.14. The Bertz CT molecular complexity index is 378. The van der Waals surface area contributed by atoms with Gasteiger partial charge in [0, 0.05) is 26.8 Å². The second-order valence-electron chi connectivity index (χ2n) is 3.51. The van der Waals surface area contributed by atoms with Crippen molar-refractivity contribution in [3.05, 3.63) is 11.8 Å². The van der Waals surface area contributed by atoms with E-state index in [2.05, 4.69) is 10.4 Å². The Morgan fingerprint density at radius 1 is 1.65 bits per heavy atom. The lowest BCUT2D eigenvalue weighted by Crippen LogP contribution is -2.34. The van der Waals surface area contributed by atoms with Crippen molar-refractivity contribution < 1.29 is 19.4 Å². The Labute approximate surface area is 99.3 Å². The van der Waals surface area contributed by atoms with Gasteiger partial charge in [0.1, 0.15) is 0 Å². The van der Waals surface area contributed by atoms with Crippen LogP contribution in [0.1, 0.15) is 10.5 Å². The Morgan fingerprint density at radius 3 is 2.88 bits per heavy atom. The molecule has 0 saturated heterocycles. The molecule has 1 heterocycles. The molecule has 0 aliphatic heterocycles. The van der Waals surface area contributed by atoms with E-state index in [4.69, 9.17) is 9.47 Å². The van der Waals surface area contributed by atoms with E-state index in [9.17, 15) is 9.90 Å². The molecular formula is C10H17N3O4. The lowest BCUT2D eigenvalue weighted by atomic mass is 10.3. The van der Waals surface area contributed by atoms with Crippen LogP contribution in [0.4, 0.5) is 0 Å². The second-order valence-corrected chi connectivity index (χ2v) is 3.51. The fourth-order valence-electron chi connectivity index (χ4n) is 1.30. The van der Waals surface area contributed by atoms with Gasteiger partial charge in [0.05, 0.1) is 19.8 Å². The molecule has 7 nitrogen and oxygen atoms in total. The number of rotatable bonds is 6. The molecule has 1 aromatic rings. The summed E-state index contributed by atoms with van der Waals surface area (Å²) in [5.74, 6) is 0.131. The number of methoxy groups -OCH3 is 2. The van der Waals surface area contributed by atoms with Gasteiger partial charge in [-0.05, 0) is 0 Å². The fourth-order valence-corrected chi connectivity index (χ4v) is 1.30. The molecular weight excluding hydrogens is 226 g/mol. The highest BCUT2D eigenvalue weighted by molar-refractivity contribution is 5.92. The van der Waals surface area contributed by atoms with E-state index in [-0.39, 0.29) is 24.8 Å². The molecule has 0 aliphatic rings. The molecule has 1 atom stereocenters. The van der Waals surface area contributed by atoms with E-state index in [1.54, 1.807) is 7.05 Å². The molecule has 1 unspecified atom stereocenters. The number of amides is 1. The van der Waals surface area contributed by atoms with Crippen LogP contribution in [0.2, 0.25) is 0 Å². The third-order valence-corrected chi connectivity index (χ3v) is 2.14. The van der Waals surface area contributed by atoms with Gasteiger partial charge in [-0.3, -0.25) is 4.79 Å². The molecule has 0 aliphatic carbocycles. The molecule has 96 valence electrons. The number of carbonyl (C=O) groups is 1. The number of nitrogens with zero attached hydrogens (tertiary/aromatic N) is 2. The van der Waals surface area contributed by atoms with E-state index in [0.717, 1.165) is 0 Å². The SMILES string of the molecule is COCC(O)CNC(=O)c1cc(OC)n(C)n1. The van der Waals surface area contributed by atoms with Gasteiger partial charge >= 0.3 is 0 Å². The first kappa shape index (κ1) is 13.5. The Morgan fingerprint density at radius 2 is 2.35 bits per heavy atom. The molecule has 2 N–H and O–H groups in total. The molecule has 1 amide bonds. The van der Waals surface area contributed by atoms with Crippen molar-refractivity contribution >= 4 is 5.91 Å². The second kappa shape index (κ2) is 6.21. The molecule has 1 rings (SSSR count). The van der Waals surface area contributed by atoms with Gasteiger partial charge in [-0.1, -0.05) is 0 Å². The van der Waals surface area contributed by atoms with Crippen molar-refractivity contribution in [1.82, 2.24) is 15.1 Å². The minimum atomic E-state index is -0.727. The number of aliphatic hydroxyl groups excluding tert-OH is 1. The number of nitrogens with one attached hydrogen (secondary N) is 1. The summed E-state index contributed by atoms with van der Waals surface area (Å²) in [6.45, 7) is 0.289. The third-order valence-electron chi connectivity index (χ3n) is 2.14. The van der Waals surface area contributed by atoms with E-state index in [1.165, 1.54) is 25.0 Å². The fraction of sp³-hybridized carbons (Fsp3) is 0.600. The van der Waals surface area contributed by atoms with Crippen LogP contribution in [-0.2, 0) is 11.8 Å². The smallest absolute Gasteiger partial charge is 0.272 e. The summed E-state index contributed by atoms with van der Waals surface area (Å²) in [6, 6.07) is 1.53. The van der Waals surface area contributed by atoms with Gasteiger partial charge in [0.2, 0.25) is 5.88 Å². The largest absolute Gasteiger partial charge is 0.481 e. The number of ether oxygens (including phenoxy) is 2. The highest BCUT2D eigenvalue weighted by Crippen LogP contribution is 2.10. The zero-order valence-corrected chi connectivity index (χ0v) is 10.1. The van der Waals surface area contributed by atoms with E-state index in [1.807, 2.05) is 0 Å². The Hall–Kier alpha value is -1.60. The van der Waals surface area contributed by atoms with Crippen LogP contribution in [0, 0.1) is 0 Å². The van der Waals surface area contributed by atoms with Crippen LogP contribution < -0.4 is 10.1 Å². The highest BCUT2D eigenvalue weighted by atomic mass is 16.5. The van der Waals surface area contributed by atoms with Crippen LogP contribution in [0.3, 0.4) is 0 Å². The minimum Gasteiger partial charge on any atom is -0.481 e. The number of aliphatic hydroxyl groups is 1. The summed E-state index contributed by atoms with van der Waals surface area (Å²) in [6.07, 6.45) is -0.727. The summed E-state index contributed by atoms with van der Waals surface area (Å²) < 4.78 is 11.2. The van der Waals surface area contributed by atoms with Gasteiger partial charge in [0.15, 0.2) is 5.69 Å². The molecule has 17 heavy (non-hydrogen) atoms. The number of hydrogen-bond donors (Lipinski definition) is 2. The maximum Gasteiger partial charge on any atom is 0.272 e. The summed E-state index contributed by atoms with van der Waals surface area (Å²) >= 11 is 0. The molecule has 0 spiro atoms. The van der Waals surface area contributed by atoms with Gasteiger partial charge in [-0.15, -0.1) is 0 Å². The topological polar surface area (TPSA) is 85.6 Å². The van der Waals surface area contributed by atoms with Crippen molar-refractivity contribution in [1.29, 1.82) is 0 Å². The predicted octanol–water partition coefficient (Wildman–Crippen LogP) is -0.834. The van der Waals surface area contributed by atoms with Crippen molar-refractivity contribution in [3.63, 3.8) is 0 Å². The maximum atomic E-state index is 11.6. The molecule has 0 aromatic carbocycles. The summed E-state index contributed by atoms with van der Waals surface area (Å²) in [4.78, 5) is 11.6. The minimum absolute atomic E-state index is 0.117. The van der Waals surface area contributed by atoms with Gasteiger partial charge in [-0.25, -0.2) is 4.68 Å². The summed E-state index contributed by atoms with van der Waals surface area (Å²) in [5, 5.41) is 15.9. The quantitative estimate of drug-likeness (QED) is 0.681. The van der Waals surface area contributed by atoms with Gasteiger partial charge < -0.3 is 19.9 Å². The average Bonchev–Trinajstić information content (AvgIpc) is 2.68. The normalized spacial score (nSPS) is 12.2. The lowest BCUT2D eigenvalue weighted by Gasteiger charge is -2.09. The van der Waals surface area contributed by atoms with E-state index < -0.39 is 6.10 Å². The standard InChI is InChI=1S/C10H17N3O4/c1-13-9(17-3)4-8(12-13)10(15)11-5-7(14)6-16-2/h4,7,14H,5-6H2,1-3H3,(H,11,15). The average molecular weight is 243 g/mol. The van der Waals surface area contributed by atoms with Gasteiger partial charge in [-0.2, -0.15) is 5.10 Å². The first-order chi connectivity index (χ1) is 8.08. The number of hydrogen-bond acceptors (Lipinski definition) is 5. The van der Waals surface area contributed by atoms with Crippen LogP contribution in [0.25, 0.3) is 0 Å². The first-order valence-corrected chi connectivity index (χ1v) is 5.11. The number of aromatic nitrogens is 2. The summed E-state index contributed by atoms with van der Waals surface area (Å²) in [5.41, 5.74) is 0.244. The van der Waals surface area contributed by atoms with E-state index in [0.29, 0.717) is 5.88 Å². The van der Waals surface area contributed by atoms with Gasteiger partial charge in [0.25, 0.3) is 5.91 Å². The van der Waals surface area contributed by atoms with Crippen LogP contribution >= 0.6 is 0 Å². The first-order valence-electron chi connectivity index (χ1n) is 5.11. The maximum absolute atomic E-state index is 11.6. The van der Waals surface area contributed by atoms with Crippen LogP contribution in [0.5, 0.6) is 5.88 Å². The summed E-state index contributed by atoms with van der Waals surface area (Å²) in [7, 11) is 4.66. The van der Waals surface area contributed by atoms with Crippen molar-refractivity contribution in [2.75, 3.05) is 27.4 Å². The predicted molar refractivity (Wildman–Crippen MR) is 60.0 cm³/mol. The Kier molecular flexibility index (Phi) is 4.92. The van der Waals surface area contributed by atoms with Crippen molar-refractivity contribution in [2.45, 2.75) is 6.10 Å². The molecule has 1 aromatic heterocycles. The molecule has 0 saturated carbocycles. The monoisotopic (exact) mass is 243 g/mol. The van der Waals surface area contributed by atoms with Crippen molar-refractivity contribution in [2.24, 2.45) is 7.05 Å². The number of carbonyl (C=O) groups excluding carboxylic acids is 1.